The molecule has 0 atom stereocenters. The molecule has 86 valence electrons. The van der Waals surface area contributed by atoms with Gasteiger partial charge in [-0.25, -0.2) is 4.39 Å². The predicted octanol–water partition coefficient (Wildman–Crippen LogP) is 3.40. The van der Waals surface area contributed by atoms with Gasteiger partial charge in [0.25, 0.3) is 0 Å². The van der Waals surface area contributed by atoms with Crippen molar-refractivity contribution in [1.82, 2.24) is 4.98 Å². The van der Waals surface area contributed by atoms with Crippen LogP contribution in [-0.4, -0.2) is 4.98 Å². The minimum absolute atomic E-state index is 0.359. The molecule has 1 heterocycles. The predicted molar refractivity (Wildman–Crippen MR) is 64.2 cm³/mol. The number of nitrogens with two attached hydrogens (primary N) is 1. The van der Waals surface area contributed by atoms with E-state index >= 15 is 0 Å². The van der Waals surface area contributed by atoms with Crippen LogP contribution in [0, 0.1) is 11.2 Å². The number of rotatable bonds is 1. The maximum atomic E-state index is 12.9. The molecule has 0 unspecified atom stereocenters. The molecule has 16 heavy (non-hydrogen) atoms. The van der Waals surface area contributed by atoms with Crippen molar-refractivity contribution in [3.8, 4) is 0 Å². The van der Waals surface area contributed by atoms with Crippen LogP contribution >= 0.6 is 0 Å². The van der Waals surface area contributed by atoms with E-state index in [1.807, 2.05) is 0 Å². The Balaban J connectivity index is 2.29. The molecule has 1 aromatic rings. The fourth-order valence-electron chi connectivity index (χ4n) is 2.01. The van der Waals surface area contributed by atoms with E-state index in [0.29, 0.717) is 11.1 Å². The monoisotopic (exact) mass is 220 g/mol. The van der Waals surface area contributed by atoms with Crippen LogP contribution in [0.2, 0.25) is 0 Å². The normalized spacial score (nSPS) is 19.3. The average molecular weight is 220 g/mol. The number of hydrogen-bond acceptors (Lipinski definition) is 2. The maximum absolute atomic E-state index is 12.9. The molecule has 1 aliphatic carbocycles. The highest BCUT2D eigenvalue weighted by molar-refractivity contribution is 5.72. The van der Waals surface area contributed by atoms with E-state index < -0.39 is 0 Å². The molecule has 0 saturated heterocycles. The Morgan fingerprint density at radius 3 is 2.75 bits per heavy atom. The molecule has 2 nitrogen and oxygen atoms in total. The summed E-state index contributed by atoms with van der Waals surface area (Å²) in [5, 5.41) is 0. The van der Waals surface area contributed by atoms with Crippen molar-refractivity contribution in [2.24, 2.45) is 5.41 Å². The van der Waals surface area contributed by atoms with E-state index in [-0.39, 0.29) is 5.82 Å². The number of halogens is 1. The summed E-state index contributed by atoms with van der Waals surface area (Å²) < 4.78 is 12.9. The average Bonchev–Trinajstić information content (AvgIpc) is 2.19. The van der Waals surface area contributed by atoms with Crippen LogP contribution in [0.4, 0.5) is 10.1 Å². The third kappa shape index (κ3) is 2.23. The van der Waals surface area contributed by atoms with Crippen molar-refractivity contribution >= 4 is 11.3 Å². The Labute approximate surface area is 95.4 Å². The topological polar surface area (TPSA) is 38.9 Å². The van der Waals surface area contributed by atoms with Crippen molar-refractivity contribution < 1.29 is 4.39 Å². The van der Waals surface area contributed by atoms with Gasteiger partial charge in [-0.1, -0.05) is 19.9 Å². The van der Waals surface area contributed by atoms with Crippen LogP contribution in [-0.2, 0) is 0 Å². The smallest absolute Gasteiger partial charge is 0.143 e. The summed E-state index contributed by atoms with van der Waals surface area (Å²) >= 11 is 0. The maximum Gasteiger partial charge on any atom is 0.143 e. The quantitative estimate of drug-likeness (QED) is 0.787. The van der Waals surface area contributed by atoms with Crippen molar-refractivity contribution in [2.45, 2.75) is 33.1 Å². The molecule has 1 aliphatic rings. The van der Waals surface area contributed by atoms with Gasteiger partial charge in [0.2, 0.25) is 0 Å². The largest absolute Gasteiger partial charge is 0.397 e. The summed E-state index contributed by atoms with van der Waals surface area (Å²) in [5.74, 6) is -0.377. The van der Waals surface area contributed by atoms with Crippen molar-refractivity contribution in [3.63, 3.8) is 0 Å². The minimum atomic E-state index is -0.377. The molecule has 0 fully saturated rings. The number of aromatic nitrogens is 1. The van der Waals surface area contributed by atoms with Gasteiger partial charge < -0.3 is 5.73 Å². The SMILES string of the molecule is CC1(C)CC=C(c2ncc(F)cc2N)CC1. The lowest BCUT2D eigenvalue weighted by atomic mass is 9.77. The first kappa shape index (κ1) is 11.1. The molecule has 1 aromatic heterocycles. The zero-order valence-electron chi connectivity index (χ0n) is 9.76. The molecule has 0 amide bonds. The van der Waals surface area contributed by atoms with E-state index in [0.717, 1.165) is 30.5 Å². The van der Waals surface area contributed by atoms with E-state index in [4.69, 9.17) is 5.73 Å². The Hall–Kier alpha value is -1.38. The second kappa shape index (κ2) is 3.89. The van der Waals surface area contributed by atoms with Gasteiger partial charge in [-0.3, -0.25) is 4.98 Å². The van der Waals surface area contributed by atoms with Gasteiger partial charge in [-0.2, -0.15) is 0 Å². The van der Waals surface area contributed by atoms with Crippen LogP contribution in [0.15, 0.2) is 18.3 Å². The van der Waals surface area contributed by atoms with E-state index in [2.05, 4.69) is 24.9 Å². The zero-order chi connectivity index (χ0) is 11.8. The van der Waals surface area contributed by atoms with Gasteiger partial charge in [-0.15, -0.1) is 0 Å². The van der Waals surface area contributed by atoms with Crippen molar-refractivity contribution in [1.29, 1.82) is 0 Å². The first-order valence-corrected chi connectivity index (χ1v) is 5.58. The molecule has 0 spiro atoms. The van der Waals surface area contributed by atoms with Crippen LogP contribution in [0.3, 0.4) is 0 Å². The van der Waals surface area contributed by atoms with Gasteiger partial charge in [0, 0.05) is 6.07 Å². The third-order valence-corrected chi connectivity index (χ3v) is 3.16. The van der Waals surface area contributed by atoms with Gasteiger partial charge in [0.1, 0.15) is 5.82 Å². The minimum Gasteiger partial charge on any atom is -0.397 e. The molecule has 0 saturated carbocycles. The number of anilines is 1. The molecule has 0 aromatic carbocycles. The van der Waals surface area contributed by atoms with Crippen LogP contribution in [0.5, 0.6) is 0 Å². The van der Waals surface area contributed by atoms with Gasteiger partial charge in [-0.05, 0) is 30.3 Å². The van der Waals surface area contributed by atoms with E-state index in [9.17, 15) is 4.39 Å². The Bertz CT molecular complexity index is 436. The lowest BCUT2D eigenvalue weighted by Gasteiger charge is -2.28. The number of nitrogens with zero attached hydrogens (tertiary/aromatic N) is 1. The van der Waals surface area contributed by atoms with E-state index in [1.54, 1.807) is 0 Å². The summed E-state index contributed by atoms with van der Waals surface area (Å²) in [6, 6.07) is 1.34. The van der Waals surface area contributed by atoms with Crippen LogP contribution in [0.25, 0.3) is 5.57 Å². The van der Waals surface area contributed by atoms with Gasteiger partial charge in [0.15, 0.2) is 0 Å². The highest BCUT2D eigenvalue weighted by Gasteiger charge is 2.23. The summed E-state index contributed by atoms with van der Waals surface area (Å²) in [5.41, 5.74) is 8.47. The zero-order valence-corrected chi connectivity index (χ0v) is 9.76. The van der Waals surface area contributed by atoms with Crippen molar-refractivity contribution in [3.05, 3.63) is 29.9 Å². The Morgan fingerprint density at radius 2 is 2.19 bits per heavy atom. The lowest BCUT2D eigenvalue weighted by molar-refractivity contribution is 0.335. The second-order valence-electron chi connectivity index (χ2n) is 5.19. The molecule has 3 heteroatoms. The fraction of sp³-hybridized carbons (Fsp3) is 0.462. The molecular weight excluding hydrogens is 203 g/mol. The summed E-state index contributed by atoms with van der Waals surface area (Å²) in [7, 11) is 0. The molecule has 0 aliphatic heterocycles. The number of nitrogen functional groups attached to an aromatic ring is 1. The highest BCUT2D eigenvalue weighted by Crippen LogP contribution is 2.38. The summed E-state index contributed by atoms with van der Waals surface area (Å²) in [6.45, 7) is 4.50. The summed E-state index contributed by atoms with van der Waals surface area (Å²) in [4.78, 5) is 4.08. The first-order valence-electron chi connectivity index (χ1n) is 5.58. The van der Waals surface area contributed by atoms with Crippen LogP contribution < -0.4 is 5.73 Å². The molecule has 0 bridgehead atoms. The number of hydrogen-bond donors (Lipinski definition) is 1. The molecule has 2 rings (SSSR count). The van der Waals surface area contributed by atoms with Crippen molar-refractivity contribution in [2.75, 3.05) is 5.73 Å². The number of allylic oxidation sites excluding steroid dienone is 2. The molecule has 2 N–H and O–H groups in total. The number of pyridine rings is 1. The standard InChI is InChI=1S/C13H17FN2/c1-13(2)5-3-9(4-6-13)12-11(15)7-10(14)8-16-12/h3,7-8H,4-6,15H2,1-2H3. The second-order valence-corrected chi connectivity index (χ2v) is 5.19. The summed E-state index contributed by atoms with van der Waals surface area (Å²) in [6.07, 6.45) is 6.53. The van der Waals surface area contributed by atoms with Gasteiger partial charge in [0.05, 0.1) is 17.6 Å². The third-order valence-electron chi connectivity index (χ3n) is 3.16. The Morgan fingerprint density at radius 1 is 1.44 bits per heavy atom. The lowest BCUT2D eigenvalue weighted by Crippen LogP contribution is -2.15. The fourth-order valence-corrected chi connectivity index (χ4v) is 2.01. The van der Waals surface area contributed by atoms with E-state index in [1.165, 1.54) is 12.3 Å². The highest BCUT2D eigenvalue weighted by atomic mass is 19.1. The van der Waals surface area contributed by atoms with Crippen LogP contribution in [0.1, 0.15) is 38.8 Å². The molecule has 0 radical (unpaired) electrons. The Kier molecular flexibility index (Phi) is 2.70. The molecular formula is C13H17FN2. The van der Waals surface area contributed by atoms with Gasteiger partial charge >= 0.3 is 0 Å². The first-order chi connectivity index (χ1) is 7.48.